The summed E-state index contributed by atoms with van der Waals surface area (Å²) < 4.78 is 0.741. The molecule has 1 saturated heterocycles. The van der Waals surface area contributed by atoms with Crippen LogP contribution in [0.4, 0.5) is 0 Å². The minimum Gasteiger partial charge on any atom is -0.341 e. The molecular formula is C18H25BrN2O2S. The third-order valence-electron chi connectivity index (χ3n) is 4.43. The number of nitrogens with zero attached hydrogens (tertiary/aromatic N) is 1. The van der Waals surface area contributed by atoms with Crippen LogP contribution < -0.4 is 5.32 Å². The average Bonchev–Trinajstić information content (AvgIpc) is 2.59. The summed E-state index contributed by atoms with van der Waals surface area (Å²) >= 11 is 5.09. The quantitative estimate of drug-likeness (QED) is 0.776. The van der Waals surface area contributed by atoms with Crippen molar-refractivity contribution in [2.24, 2.45) is 5.92 Å². The fourth-order valence-corrected chi connectivity index (χ4v) is 3.76. The van der Waals surface area contributed by atoms with Crippen molar-refractivity contribution in [3.05, 3.63) is 34.3 Å². The van der Waals surface area contributed by atoms with Gasteiger partial charge in [0.05, 0.1) is 5.56 Å². The fraction of sp³-hybridized carbons (Fsp3) is 0.556. The lowest BCUT2D eigenvalue weighted by Crippen LogP contribution is -2.50. The van der Waals surface area contributed by atoms with E-state index in [1.807, 2.05) is 29.4 Å². The molecule has 1 aliphatic rings. The van der Waals surface area contributed by atoms with Gasteiger partial charge >= 0.3 is 0 Å². The van der Waals surface area contributed by atoms with E-state index in [-0.39, 0.29) is 11.8 Å². The zero-order valence-electron chi connectivity index (χ0n) is 14.3. The van der Waals surface area contributed by atoms with Crippen LogP contribution in [0.2, 0.25) is 0 Å². The summed E-state index contributed by atoms with van der Waals surface area (Å²) in [6, 6.07) is 6.83. The van der Waals surface area contributed by atoms with E-state index in [4.69, 9.17) is 0 Å². The largest absolute Gasteiger partial charge is 0.341 e. The van der Waals surface area contributed by atoms with Gasteiger partial charge in [0.15, 0.2) is 0 Å². The maximum absolute atomic E-state index is 12.9. The molecular weight excluding hydrogens is 388 g/mol. The molecule has 0 bridgehead atoms. The molecule has 1 heterocycles. The molecule has 6 heteroatoms. The van der Waals surface area contributed by atoms with Crippen LogP contribution in [-0.4, -0.2) is 47.9 Å². The van der Waals surface area contributed by atoms with Crippen molar-refractivity contribution in [1.82, 2.24) is 10.2 Å². The summed E-state index contributed by atoms with van der Waals surface area (Å²) in [7, 11) is 0. The normalized spacial score (nSPS) is 16.7. The van der Waals surface area contributed by atoms with Gasteiger partial charge < -0.3 is 10.2 Å². The van der Waals surface area contributed by atoms with E-state index >= 15 is 0 Å². The number of benzene rings is 1. The number of rotatable bonds is 6. The van der Waals surface area contributed by atoms with E-state index < -0.39 is 6.04 Å². The fourth-order valence-electron chi connectivity index (χ4n) is 2.82. The van der Waals surface area contributed by atoms with Crippen molar-refractivity contribution < 1.29 is 9.59 Å². The number of hydrogen-bond acceptors (Lipinski definition) is 3. The Morgan fingerprint density at radius 2 is 2.00 bits per heavy atom. The van der Waals surface area contributed by atoms with Crippen molar-refractivity contribution in [2.45, 2.75) is 32.2 Å². The minimum absolute atomic E-state index is 0.0522. The number of amides is 2. The number of hydrogen-bond donors (Lipinski definition) is 1. The molecule has 1 aromatic carbocycles. The van der Waals surface area contributed by atoms with Crippen LogP contribution in [0.1, 0.15) is 36.5 Å². The first-order valence-electron chi connectivity index (χ1n) is 8.36. The number of carbonyl (C=O) groups excluding carboxylic acids is 2. The van der Waals surface area contributed by atoms with Gasteiger partial charge in [0.2, 0.25) is 5.91 Å². The molecule has 0 radical (unpaired) electrons. The summed E-state index contributed by atoms with van der Waals surface area (Å²) in [5, 5.41) is 2.94. The number of carbonyl (C=O) groups is 2. The number of thioether (sulfide) groups is 1. The van der Waals surface area contributed by atoms with Gasteiger partial charge in [-0.15, -0.1) is 0 Å². The van der Waals surface area contributed by atoms with Crippen molar-refractivity contribution in [2.75, 3.05) is 25.1 Å². The zero-order valence-corrected chi connectivity index (χ0v) is 16.7. The van der Waals surface area contributed by atoms with Gasteiger partial charge in [0.1, 0.15) is 6.04 Å². The number of nitrogens with one attached hydrogen (secondary N) is 1. The lowest BCUT2D eigenvalue weighted by Gasteiger charge is -2.33. The maximum Gasteiger partial charge on any atom is 0.253 e. The second-order valence-corrected chi connectivity index (χ2v) is 8.14. The van der Waals surface area contributed by atoms with Crippen LogP contribution in [0, 0.1) is 5.92 Å². The summed E-state index contributed by atoms with van der Waals surface area (Å²) in [5.41, 5.74) is 0.562. The third kappa shape index (κ3) is 5.24. The van der Waals surface area contributed by atoms with Crippen molar-refractivity contribution in [1.29, 1.82) is 0 Å². The molecule has 0 aliphatic carbocycles. The Bertz CT molecular complexity index is 574. The Morgan fingerprint density at radius 3 is 2.62 bits per heavy atom. The van der Waals surface area contributed by atoms with Gasteiger partial charge in [-0.2, -0.15) is 11.8 Å². The van der Waals surface area contributed by atoms with Gasteiger partial charge in [-0.05, 0) is 65.3 Å². The van der Waals surface area contributed by atoms with Gasteiger partial charge in [-0.25, -0.2) is 0 Å². The summed E-state index contributed by atoms with van der Waals surface area (Å²) in [6.45, 7) is 3.81. The maximum atomic E-state index is 12.9. The molecule has 2 amide bonds. The van der Waals surface area contributed by atoms with E-state index in [1.165, 1.54) is 0 Å². The molecule has 2 rings (SSSR count). The van der Waals surface area contributed by atoms with E-state index in [1.54, 1.807) is 17.8 Å². The second kappa shape index (κ2) is 9.47. The van der Waals surface area contributed by atoms with Gasteiger partial charge in [0, 0.05) is 17.6 Å². The number of halogens is 1. The predicted octanol–water partition coefficient (Wildman–Crippen LogP) is 3.56. The standard InChI is InChI=1S/C18H25BrN2O2S/c1-13-7-10-21(11-8-13)18(23)16(9-12-24-2)20-17(22)14-5-3-4-6-15(14)19/h3-6,13,16H,7-12H2,1-2H3,(H,20,22)/t16-/m0/s1. The molecule has 1 aliphatic heterocycles. The van der Waals surface area contributed by atoms with Gasteiger partial charge in [0.25, 0.3) is 5.91 Å². The molecule has 1 N–H and O–H groups in total. The summed E-state index contributed by atoms with van der Waals surface area (Å²) in [6.07, 6.45) is 4.75. The molecule has 1 fully saturated rings. The molecule has 0 unspecified atom stereocenters. The first kappa shape index (κ1) is 19.3. The zero-order chi connectivity index (χ0) is 17.5. The summed E-state index contributed by atoms with van der Waals surface area (Å²) in [5.74, 6) is 1.37. The lowest BCUT2D eigenvalue weighted by atomic mass is 9.98. The molecule has 0 spiro atoms. The monoisotopic (exact) mass is 412 g/mol. The Balaban J connectivity index is 2.06. The minimum atomic E-state index is -0.453. The second-order valence-electron chi connectivity index (χ2n) is 6.30. The Hall–Kier alpha value is -1.01. The number of piperidine rings is 1. The molecule has 0 saturated carbocycles. The topological polar surface area (TPSA) is 49.4 Å². The Morgan fingerprint density at radius 1 is 1.33 bits per heavy atom. The van der Waals surface area contributed by atoms with Crippen molar-refractivity contribution >= 4 is 39.5 Å². The van der Waals surface area contributed by atoms with E-state index in [9.17, 15) is 9.59 Å². The van der Waals surface area contributed by atoms with E-state index in [2.05, 4.69) is 28.2 Å². The first-order chi connectivity index (χ1) is 11.5. The molecule has 4 nitrogen and oxygen atoms in total. The van der Waals surface area contributed by atoms with Crippen LogP contribution in [0.3, 0.4) is 0 Å². The highest BCUT2D eigenvalue weighted by molar-refractivity contribution is 9.10. The average molecular weight is 413 g/mol. The van der Waals surface area contributed by atoms with Gasteiger partial charge in [-0.3, -0.25) is 9.59 Å². The van der Waals surface area contributed by atoms with E-state index in [0.717, 1.165) is 36.2 Å². The van der Waals surface area contributed by atoms with Crippen molar-refractivity contribution in [3.8, 4) is 0 Å². The first-order valence-corrected chi connectivity index (χ1v) is 10.5. The van der Waals surface area contributed by atoms with Crippen LogP contribution in [-0.2, 0) is 4.79 Å². The molecule has 132 valence electrons. The number of likely N-dealkylation sites (tertiary alicyclic amines) is 1. The molecule has 0 aromatic heterocycles. The highest BCUT2D eigenvalue weighted by Crippen LogP contribution is 2.19. The van der Waals surface area contributed by atoms with Crippen LogP contribution in [0.25, 0.3) is 0 Å². The Labute approximate surface area is 156 Å². The highest BCUT2D eigenvalue weighted by atomic mass is 79.9. The molecule has 1 atom stereocenters. The van der Waals surface area contributed by atoms with Crippen LogP contribution >= 0.6 is 27.7 Å². The summed E-state index contributed by atoms with van der Waals surface area (Å²) in [4.78, 5) is 27.3. The van der Waals surface area contributed by atoms with Gasteiger partial charge in [-0.1, -0.05) is 19.1 Å². The molecule has 24 heavy (non-hydrogen) atoms. The Kier molecular flexibility index (Phi) is 7.62. The van der Waals surface area contributed by atoms with Crippen LogP contribution in [0.5, 0.6) is 0 Å². The SMILES string of the molecule is CSCC[C@H](NC(=O)c1ccccc1Br)C(=O)N1CCC(C)CC1. The van der Waals surface area contributed by atoms with Crippen molar-refractivity contribution in [3.63, 3.8) is 0 Å². The predicted molar refractivity (Wildman–Crippen MR) is 103 cm³/mol. The smallest absolute Gasteiger partial charge is 0.253 e. The lowest BCUT2D eigenvalue weighted by molar-refractivity contribution is -0.134. The highest BCUT2D eigenvalue weighted by Gasteiger charge is 2.28. The molecule has 1 aromatic rings. The van der Waals surface area contributed by atoms with Crippen LogP contribution in [0.15, 0.2) is 28.7 Å². The third-order valence-corrected chi connectivity index (χ3v) is 5.76. The van der Waals surface area contributed by atoms with E-state index in [0.29, 0.717) is 17.9 Å².